The second-order valence-electron chi connectivity index (χ2n) is 2.64. The number of ether oxygens (including phenoxy) is 1. The Bertz CT molecular complexity index is 302. The van der Waals surface area contributed by atoms with E-state index in [0.717, 1.165) is 5.56 Å². The van der Waals surface area contributed by atoms with Gasteiger partial charge in [-0.2, -0.15) is 0 Å². The van der Waals surface area contributed by atoms with E-state index in [1.807, 2.05) is 0 Å². The molecule has 0 aliphatic heterocycles. The molecule has 13 heavy (non-hydrogen) atoms. The number of halogens is 2. The largest absolute Gasteiger partial charge is 0.392 e. The normalized spacial score (nSPS) is 10.5. The monoisotopic (exact) mass is 204 g/mol. The fourth-order valence-electron chi connectivity index (χ4n) is 1.07. The average Bonchev–Trinajstić information content (AvgIpc) is 2.11. The van der Waals surface area contributed by atoms with Gasteiger partial charge in [-0.05, 0) is 17.7 Å². The lowest BCUT2D eigenvalue weighted by molar-refractivity contribution is 0.184. The minimum atomic E-state index is -0.566. The summed E-state index contributed by atoms with van der Waals surface area (Å²) in [5.74, 6) is -0.566. The van der Waals surface area contributed by atoms with Crippen molar-refractivity contribution in [2.75, 3.05) is 7.11 Å². The molecular weight excluding hydrogens is 195 g/mol. The molecule has 72 valence electrons. The van der Waals surface area contributed by atoms with Crippen molar-refractivity contribution in [1.82, 2.24) is 0 Å². The van der Waals surface area contributed by atoms with Crippen molar-refractivity contribution in [3.63, 3.8) is 0 Å². The van der Waals surface area contributed by atoms with E-state index in [1.54, 1.807) is 0 Å². The molecule has 0 heterocycles. The van der Waals surface area contributed by atoms with Gasteiger partial charge in [-0.15, -0.1) is 0 Å². The van der Waals surface area contributed by atoms with Crippen LogP contribution in [-0.4, -0.2) is 12.2 Å². The molecule has 0 saturated carbocycles. The number of benzene rings is 1. The quantitative estimate of drug-likeness (QED) is 0.817. The fraction of sp³-hybridized carbons (Fsp3) is 0.333. The highest BCUT2D eigenvalue weighted by Crippen LogP contribution is 2.21. The molecule has 0 atom stereocenters. The van der Waals surface area contributed by atoms with Crippen LogP contribution in [-0.2, 0) is 18.0 Å². The Hall–Kier alpha value is -0.640. The number of aliphatic hydroxyl groups is 1. The van der Waals surface area contributed by atoms with Crippen LogP contribution in [0.5, 0.6) is 0 Å². The first kappa shape index (κ1) is 10.4. The van der Waals surface area contributed by atoms with Crippen LogP contribution in [0.4, 0.5) is 4.39 Å². The van der Waals surface area contributed by atoms with E-state index in [1.165, 1.54) is 19.2 Å². The van der Waals surface area contributed by atoms with E-state index >= 15 is 0 Å². The van der Waals surface area contributed by atoms with E-state index in [-0.39, 0.29) is 17.2 Å². The van der Waals surface area contributed by atoms with E-state index in [0.29, 0.717) is 6.61 Å². The zero-order chi connectivity index (χ0) is 9.84. The highest BCUT2D eigenvalue weighted by atomic mass is 35.5. The van der Waals surface area contributed by atoms with E-state index < -0.39 is 5.82 Å². The summed E-state index contributed by atoms with van der Waals surface area (Å²) in [6, 6.07) is 3.02. The van der Waals surface area contributed by atoms with Crippen molar-refractivity contribution in [1.29, 1.82) is 0 Å². The van der Waals surface area contributed by atoms with Crippen molar-refractivity contribution in [3.8, 4) is 0 Å². The Balaban J connectivity index is 3.06. The Kier molecular flexibility index (Phi) is 3.66. The van der Waals surface area contributed by atoms with Crippen molar-refractivity contribution in [2.24, 2.45) is 0 Å². The molecule has 2 nitrogen and oxygen atoms in total. The molecule has 0 aromatic heterocycles. The predicted octanol–water partition coefficient (Wildman–Crippen LogP) is 2.12. The van der Waals surface area contributed by atoms with Gasteiger partial charge in [0, 0.05) is 12.7 Å². The number of methoxy groups -OCH3 is 1. The van der Waals surface area contributed by atoms with Gasteiger partial charge in [0.05, 0.1) is 18.2 Å². The lowest BCUT2D eigenvalue weighted by atomic mass is 10.1. The zero-order valence-corrected chi connectivity index (χ0v) is 7.94. The van der Waals surface area contributed by atoms with Crippen LogP contribution in [0.15, 0.2) is 12.1 Å². The second-order valence-corrected chi connectivity index (χ2v) is 3.05. The van der Waals surface area contributed by atoms with Gasteiger partial charge in [0.15, 0.2) is 0 Å². The molecule has 1 aromatic carbocycles. The lowest BCUT2D eigenvalue weighted by Crippen LogP contribution is -1.95. The smallest absolute Gasteiger partial charge is 0.147 e. The molecule has 0 bridgehead atoms. The van der Waals surface area contributed by atoms with Crippen molar-refractivity contribution in [3.05, 3.63) is 34.1 Å². The van der Waals surface area contributed by atoms with Crippen LogP contribution in [0.2, 0.25) is 5.02 Å². The minimum absolute atomic E-state index is 0.0126. The third kappa shape index (κ3) is 2.40. The summed E-state index contributed by atoms with van der Waals surface area (Å²) in [5, 5.41) is 8.81. The number of hydrogen-bond acceptors (Lipinski definition) is 2. The Labute approximate surface area is 80.9 Å². The average molecular weight is 205 g/mol. The van der Waals surface area contributed by atoms with Gasteiger partial charge in [-0.3, -0.25) is 0 Å². The SMILES string of the molecule is COCc1cc(Cl)c(F)c(CO)c1. The molecule has 0 radical (unpaired) electrons. The molecule has 0 aliphatic carbocycles. The molecular formula is C9H10ClFO2. The fourth-order valence-corrected chi connectivity index (χ4v) is 1.33. The molecule has 0 amide bonds. The molecule has 0 saturated heterocycles. The summed E-state index contributed by atoms with van der Waals surface area (Å²) in [6.07, 6.45) is 0. The first-order chi connectivity index (χ1) is 6.19. The van der Waals surface area contributed by atoms with E-state index in [2.05, 4.69) is 0 Å². The topological polar surface area (TPSA) is 29.5 Å². The summed E-state index contributed by atoms with van der Waals surface area (Å²) in [5.41, 5.74) is 0.942. The van der Waals surface area contributed by atoms with Crippen LogP contribution in [0, 0.1) is 5.82 Å². The molecule has 0 fully saturated rings. The number of rotatable bonds is 3. The Morgan fingerprint density at radius 2 is 2.23 bits per heavy atom. The van der Waals surface area contributed by atoms with Gasteiger partial charge in [0.25, 0.3) is 0 Å². The summed E-state index contributed by atoms with van der Waals surface area (Å²) in [6.45, 7) is -0.00386. The van der Waals surface area contributed by atoms with Crippen LogP contribution < -0.4 is 0 Å². The highest BCUT2D eigenvalue weighted by molar-refractivity contribution is 6.30. The van der Waals surface area contributed by atoms with Gasteiger partial charge >= 0.3 is 0 Å². The summed E-state index contributed by atoms with van der Waals surface area (Å²) < 4.78 is 17.9. The molecule has 0 unspecified atom stereocenters. The summed E-state index contributed by atoms with van der Waals surface area (Å²) in [7, 11) is 1.54. The second kappa shape index (κ2) is 4.56. The van der Waals surface area contributed by atoms with Gasteiger partial charge in [0.2, 0.25) is 0 Å². The molecule has 1 aromatic rings. The van der Waals surface area contributed by atoms with E-state index in [9.17, 15) is 4.39 Å². The van der Waals surface area contributed by atoms with Crippen LogP contribution >= 0.6 is 11.6 Å². The van der Waals surface area contributed by atoms with E-state index in [4.69, 9.17) is 21.4 Å². The molecule has 4 heteroatoms. The number of aliphatic hydroxyl groups excluding tert-OH is 1. The van der Waals surface area contributed by atoms with Crippen molar-refractivity contribution < 1.29 is 14.2 Å². The Morgan fingerprint density at radius 1 is 1.54 bits per heavy atom. The van der Waals surface area contributed by atoms with Crippen LogP contribution in [0.25, 0.3) is 0 Å². The summed E-state index contributed by atoms with van der Waals surface area (Å²) >= 11 is 5.59. The van der Waals surface area contributed by atoms with Crippen LogP contribution in [0.3, 0.4) is 0 Å². The van der Waals surface area contributed by atoms with Crippen molar-refractivity contribution >= 4 is 11.6 Å². The third-order valence-electron chi connectivity index (χ3n) is 1.64. The van der Waals surface area contributed by atoms with Gasteiger partial charge in [-0.1, -0.05) is 11.6 Å². The Morgan fingerprint density at radius 3 is 2.77 bits per heavy atom. The first-order valence-corrected chi connectivity index (χ1v) is 4.13. The molecule has 0 spiro atoms. The third-order valence-corrected chi connectivity index (χ3v) is 1.92. The number of hydrogen-bond donors (Lipinski definition) is 1. The zero-order valence-electron chi connectivity index (χ0n) is 7.18. The first-order valence-electron chi connectivity index (χ1n) is 3.75. The predicted molar refractivity (Wildman–Crippen MR) is 48.0 cm³/mol. The van der Waals surface area contributed by atoms with Gasteiger partial charge < -0.3 is 9.84 Å². The van der Waals surface area contributed by atoms with Crippen LogP contribution in [0.1, 0.15) is 11.1 Å². The van der Waals surface area contributed by atoms with Gasteiger partial charge in [0.1, 0.15) is 5.82 Å². The standard InChI is InChI=1S/C9H10ClFO2/c1-13-5-6-2-7(4-12)9(11)8(10)3-6/h2-3,12H,4-5H2,1H3. The summed E-state index contributed by atoms with van der Waals surface area (Å²) in [4.78, 5) is 0. The lowest BCUT2D eigenvalue weighted by Gasteiger charge is -2.05. The van der Waals surface area contributed by atoms with Crippen molar-refractivity contribution in [2.45, 2.75) is 13.2 Å². The van der Waals surface area contributed by atoms with Gasteiger partial charge in [-0.25, -0.2) is 4.39 Å². The maximum Gasteiger partial charge on any atom is 0.147 e. The highest BCUT2D eigenvalue weighted by Gasteiger charge is 2.07. The maximum atomic E-state index is 13.1. The maximum absolute atomic E-state index is 13.1. The molecule has 1 N–H and O–H groups in total. The molecule has 0 aliphatic rings. The molecule has 1 rings (SSSR count). The minimum Gasteiger partial charge on any atom is -0.392 e.